The standard InChI is InChI=1S/C17H15Cl3N2O4S/c18-11-4-5-14(23)12(10-11)17(24)21-6-8-22(9-7-21)27(25,26)15-3-1-2-13(19)16(15)20/h1-5,10,23H,6-9H2. The van der Waals surface area contributed by atoms with E-state index >= 15 is 0 Å². The highest BCUT2D eigenvalue weighted by Crippen LogP contribution is 2.31. The van der Waals surface area contributed by atoms with Gasteiger partial charge in [0.15, 0.2) is 0 Å². The number of benzene rings is 2. The predicted octanol–water partition coefficient (Wildman–Crippen LogP) is 3.50. The van der Waals surface area contributed by atoms with Crippen LogP contribution in [0.2, 0.25) is 15.1 Å². The van der Waals surface area contributed by atoms with Gasteiger partial charge in [-0.2, -0.15) is 4.31 Å². The third kappa shape index (κ3) is 4.02. The molecule has 144 valence electrons. The maximum atomic E-state index is 12.8. The molecule has 1 fully saturated rings. The fourth-order valence-electron chi connectivity index (χ4n) is 2.80. The van der Waals surface area contributed by atoms with E-state index in [1.807, 2.05) is 0 Å². The third-order valence-corrected chi connectivity index (χ3v) is 7.36. The normalized spacial score (nSPS) is 15.7. The van der Waals surface area contributed by atoms with Crippen molar-refractivity contribution < 1.29 is 18.3 Å². The van der Waals surface area contributed by atoms with E-state index in [0.717, 1.165) is 0 Å². The van der Waals surface area contributed by atoms with Gasteiger partial charge in [-0.3, -0.25) is 4.79 Å². The summed E-state index contributed by atoms with van der Waals surface area (Å²) < 4.78 is 26.9. The van der Waals surface area contributed by atoms with Crippen molar-refractivity contribution >= 4 is 50.7 Å². The molecule has 1 heterocycles. The SMILES string of the molecule is O=C(c1cc(Cl)ccc1O)N1CCN(S(=O)(=O)c2cccc(Cl)c2Cl)CC1. The summed E-state index contributed by atoms with van der Waals surface area (Å²) in [4.78, 5) is 14.0. The highest BCUT2D eigenvalue weighted by molar-refractivity contribution is 7.89. The Morgan fingerprint density at radius 2 is 1.67 bits per heavy atom. The lowest BCUT2D eigenvalue weighted by Gasteiger charge is -2.34. The summed E-state index contributed by atoms with van der Waals surface area (Å²) in [5.74, 6) is -0.585. The molecule has 0 unspecified atom stereocenters. The van der Waals surface area contributed by atoms with Gasteiger partial charge in [-0.15, -0.1) is 0 Å². The second-order valence-electron chi connectivity index (χ2n) is 5.91. The number of carbonyl (C=O) groups excluding carboxylic acids is 1. The van der Waals surface area contributed by atoms with E-state index in [1.54, 1.807) is 0 Å². The van der Waals surface area contributed by atoms with Crippen LogP contribution in [0.3, 0.4) is 0 Å². The molecule has 1 amide bonds. The van der Waals surface area contributed by atoms with Gasteiger partial charge in [-0.05, 0) is 30.3 Å². The largest absolute Gasteiger partial charge is 0.507 e. The summed E-state index contributed by atoms with van der Waals surface area (Å²) in [5.41, 5.74) is 0.0803. The quantitative estimate of drug-likeness (QED) is 0.778. The van der Waals surface area contributed by atoms with Crippen molar-refractivity contribution in [2.24, 2.45) is 0 Å². The van der Waals surface area contributed by atoms with Crippen molar-refractivity contribution in [3.63, 3.8) is 0 Å². The minimum absolute atomic E-state index is 0.0264. The van der Waals surface area contributed by atoms with Crippen molar-refractivity contribution in [3.05, 3.63) is 57.0 Å². The van der Waals surface area contributed by atoms with E-state index in [0.29, 0.717) is 5.02 Å². The summed E-state index contributed by atoms with van der Waals surface area (Å²) in [5, 5.41) is 10.3. The molecule has 1 N–H and O–H groups in total. The first-order chi connectivity index (χ1) is 12.7. The fraction of sp³-hybridized carbons (Fsp3) is 0.235. The van der Waals surface area contributed by atoms with Crippen LogP contribution >= 0.6 is 34.8 Å². The van der Waals surface area contributed by atoms with E-state index in [2.05, 4.69) is 0 Å². The van der Waals surface area contributed by atoms with Crippen LogP contribution < -0.4 is 0 Å². The Hall–Kier alpha value is -1.51. The van der Waals surface area contributed by atoms with Crippen LogP contribution in [0, 0.1) is 0 Å². The minimum atomic E-state index is -3.84. The first-order valence-electron chi connectivity index (χ1n) is 7.94. The number of nitrogens with zero attached hydrogens (tertiary/aromatic N) is 2. The Morgan fingerprint density at radius 3 is 2.33 bits per heavy atom. The molecule has 0 saturated carbocycles. The number of halogens is 3. The van der Waals surface area contributed by atoms with Crippen LogP contribution in [0.4, 0.5) is 0 Å². The summed E-state index contributed by atoms with van der Waals surface area (Å²) >= 11 is 17.8. The summed E-state index contributed by atoms with van der Waals surface area (Å²) in [7, 11) is -3.84. The molecule has 0 aromatic heterocycles. The van der Waals surface area contributed by atoms with Gasteiger partial charge in [0, 0.05) is 31.2 Å². The summed E-state index contributed by atoms with van der Waals surface area (Å²) in [6.07, 6.45) is 0. The Morgan fingerprint density at radius 1 is 1.00 bits per heavy atom. The van der Waals surface area contributed by atoms with Crippen molar-refractivity contribution in [1.82, 2.24) is 9.21 Å². The molecule has 1 saturated heterocycles. The first-order valence-corrected chi connectivity index (χ1v) is 10.5. The number of rotatable bonds is 3. The Bertz CT molecular complexity index is 990. The smallest absolute Gasteiger partial charge is 0.257 e. The number of phenolic OH excluding ortho intramolecular Hbond substituents is 1. The number of piperazine rings is 1. The number of aromatic hydroxyl groups is 1. The molecule has 1 aliphatic heterocycles. The van der Waals surface area contributed by atoms with Gasteiger partial charge >= 0.3 is 0 Å². The van der Waals surface area contributed by atoms with Gasteiger partial charge in [0.1, 0.15) is 10.6 Å². The number of sulfonamides is 1. The van der Waals surface area contributed by atoms with E-state index in [1.165, 1.54) is 45.6 Å². The van der Waals surface area contributed by atoms with E-state index in [9.17, 15) is 18.3 Å². The zero-order chi connectivity index (χ0) is 19.8. The molecular formula is C17H15Cl3N2O4S. The van der Waals surface area contributed by atoms with Crippen LogP contribution in [-0.4, -0.2) is 54.8 Å². The average molecular weight is 450 g/mol. The maximum Gasteiger partial charge on any atom is 0.257 e. The maximum absolute atomic E-state index is 12.8. The summed E-state index contributed by atoms with van der Waals surface area (Å²) in [6.45, 7) is 0.529. The van der Waals surface area contributed by atoms with Crippen molar-refractivity contribution in [1.29, 1.82) is 0 Å². The Balaban J connectivity index is 1.76. The molecule has 0 atom stereocenters. The molecule has 1 aliphatic rings. The van der Waals surface area contributed by atoms with Crippen LogP contribution in [0.1, 0.15) is 10.4 Å². The van der Waals surface area contributed by atoms with Crippen molar-refractivity contribution in [2.45, 2.75) is 4.90 Å². The molecule has 6 nitrogen and oxygen atoms in total. The van der Waals surface area contributed by atoms with Crippen LogP contribution in [-0.2, 0) is 10.0 Å². The number of hydrogen-bond donors (Lipinski definition) is 1. The average Bonchev–Trinajstić information content (AvgIpc) is 2.65. The van der Waals surface area contributed by atoms with E-state index in [4.69, 9.17) is 34.8 Å². The molecule has 0 bridgehead atoms. The second-order valence-corrected chi connectivity index (χ2v) is 9.04. The lowest BCUT2D eigenvalue weighted by molar-refractivity contribution is 0.0695. The number of amides is 1. The monoisotopic (exact) mass is 448 g/mol. The highest BCUT2D eigenvalue weighted by atomic mass is 35.5. The van der Waals surface area contributed by atoms with Gasteiger partial charge in [-0.25, -0.2) is 8.42 Å². The topological polar surface area (TPSA) is 77.9 Å². The predicted molar refractivity (Wildman–Crippen MR) is 104 cm³/mol. The highest BCUT2D eigenvalue weighted by Gasteiger charge is 2.32. The van der Waals surface area contributed by atoms with Crippen molar-refractivity contribution in [3.8, 4) is 5.75 Å². The molecule has 10 heteroatoms. The Labute approximate surface area is 171 Å². The molecule has 0 aliphatic carbocycles. The van der Waals surface area contributed by atoms with Gasteiger partial charge in [-0.1, -0.05) is 40.9 Å². The second kappa shape index (κ2) is 7.85. The fourth-order valence-corrected chi connectivity index (χ4v) is 5.13. The molecule has 0 radical (unpaired) electrons. The number of carbonyl (C=O) groups is 1. The van der Waals surface area contributed by atoms with Gasteiger partial charge in [0.05, 0.1) is 15.6 Å². The zero-order valence-corrected chi connectivity index (χ0v) is 17.0. The van der Waals surface area contributed by atoms with Gasteiger partial charge in [0.25, 0.3) is 5.91 Å². The number of hydrogen-bond acceptors (Lipinski definition) is 4. The zero-order valence-electron chi connectivity index (χ0n) is 13.9. The van der Waals surface area contributed by atoms with Crippen LogP contribution in [0.5, 0.6) is 5.75 Å². The molecule has 3 rings (SSSR count). The van der Waals surface area contributed by atoms with E-state index < -0.39 is 15.9 Å². The van der Waals surface area contributed by atoms with Crippen LogP contribution in [0.25, 0.3) is 0 Å². The molecule has 0 spiro atoms. The van der Waals surface area contributed by atoms with E-state index in [-0.39, 0.29) is 52.4 Å². The first kappa shape index (κ1) is 20.2. The third-order valence-electron chi connectivity index (χ3n) is 4.25. The molecule has 2 aromatic carbocycles. The molecule has 2 aromatic rings. The number of phenols is 1. The Kier molecular flexibility index (Phi) is 5.88. The van der Waals surface area contributed by atoms with Gasteiger partial charge < -0.3 is 10.0 Å². The summed E-state index contributed by atoms with van der Waals surface area (Å²) in [6, 6.07) is 8.63. The molecule has 27 heavy (non-hydrogen) atoms. The lowest BCUT2D eigenvalue weighted by Crippen LogP contribution is -2.50. The minimum Gasteiger partial charge on any atom is -0.507 e. The lowest BCUT2D eigenvalue weighted by atomic mass is 10.1. The molecular weight excluding hydrogens is 435 g/mol. The van der Waals surface area contributed by atoms with Crippen LogP contribution in [0.15, 0.2) is 41.3 Å². The van der Waals surface area contributed by atoms with Crippen molar-refractivity contribution in [2.75, 3.05) is 26.2 Å². The van der Waals surface area contributed by atoms with Gasteiger partial charge in [0.2, 0.25) is 10.0 Å².